The van der Waals surface area contributed by atoms with Gasteiger partial charge < -0.3 is 30.4 Å². The van der Waals surface area contributed by atoms with Crippen molar-refractivity contribution in [2.24, 2.45) is 5.73 Å². The molecule has 1 saturated heterocycles. The zero-order valence-electron chi connectivity index (χ0n) is 18.3. The number of H-pyrrole nitrogens is 1. The highest BCUT2D eigenvalue weighted by Gasteiger charge is 2.31. The molecule has 1 aliphatic rings. The minimum Gasteiger partial charge on any atom is -0.394 e. The first kappa shape index (κ1) is 23.3. The third-order valence-corrected chi connectivity index (χ3v) is 5.65. The van der Waals surface area contributed by atoms with Crippen LogP contribution in [0.15, 0.2) is 46.9 Å². The molecule has 2 aromatic carbocycles. The van der Waals surface area contributed by atoms with Gasteiger partial charge in [0.15, 0.2) is 5.56 Å². The first-order chi connectivity index (χ1) is 16.3. The Bertz CT molecular complexity index is 1190. The van der Waals surface area contributed by atoms with Crippen LogP contribution in [0.25, 0.3) is 11.5 Å². The zero-order valence-corrected chi connectivity index (χ0v) is 18.3. The van der Waals surface area contributed by atoms with Crippen LogP contribution in [0.1, 0.15) is 20.8 Å². The molecule has 3 aromatic rings. The van der Waals surface area contributed by atoms with Crippen molar-refractivity contribution in [3.05, 3.63) is 65.4 Å². The third-order valence-electron chi connectivity index (χ3n) is 5.65. The first-order valence-corrected chi connectivity index (χ1v) is 10.6. The number of primary amides is 1. The fourth-order valence-electron chi connectivity index (χ4n) is 3.87. The molecule has 2 amide bonds. The standard InChI is InChI=1S/C23H23F2N5O4/c1-29-9-10-30(15(11-29)12-31)23(33)13-5-7-14(8-6-13)27-22-19(20(26)32)28-21(34-22)18-16(24)3-2-4-17(18)25/h2-8,15,27,31H,9-12H2,1H3,(H2,26,32)/p+1/t15-/m0/s1. The lowest BCUT2D eigenvalue weighted by Gasteiger charge is -2.39. The second-order valence-electron chi connectivity index (χ2n) is 8.02. The summed E-state index contributed by atoms with van der Waals surface area (Å²) in [6.07, 6.45) is 0. The van der Waals surface area contributed by atoms with Crippen molar-refractivity contribution in [1.29, 1.82) is 0 Å². The van der Waals surface area contributed by atoms with E-state index >= 15 is 0 Å². The second-order valence-corrected chi connectivity index (χ2v) is 8.02. The summed E-state index contributed by atoms with van der Waals surface area (Å²) < 4.78 is 33.8. The van der Waals surface area contributed by atoms with E-state index in [9.17, 15) is 23.5 Å². The van der Waals surface area contributed by atoms with Gasteiger partial charge in [0.25, 0.3) is 11.8 Å². The van der Waals surface area contributed by atoms with Gasteiger partial charge in [-0.05, 0) is 43.4 Å². The molecule has 0 unspecified atom stereocenters. The van der Waals surface area contributed by atoms with E-state index < -0.39 is 23.1 Å². The third kappa shape index (κ3) is 4.61. The molecule has 0 bridgehead atoms. The number of benzene rings is 2. The average Bonchev–Trinajstić information content (AvgIpc) is 3.22. The summed E-state index contributed by atoms with van der Waals surface area (Å²) in [4.78, 5) is 31.0. The molecule has 0 radical (unpaired) electrons. The highest BCUT2D eigenvalue weighted by molar-refractivity contribution is 5.96. The van der Waals surface area contributed by atoms with Crippen LogP contribution in [0.2, 0.25) is 0 Å². The number of aromatic nitrogens is 1. The normalized spacial score (nSPS) is 16.5. The van der Waals surface area contributed by atoms with Crippen LogP contribution in [0.4, 0.5) is 20.4 Å². The van der Waals surface area contributed by atoms with Crippen molar-refractivity contribution in [2.75, 3.05) is 38.6 Å². The molecule has 34 heavy (non-hydrogen) atoms. The van der Waals surface area contributed by atoms with Crippen LogP contribution < -0.4 is 16.0 Å². The number of nitrogens with zero attached hydrogens (tertiary/aromatic N) is 2. The molecule has 0 saturated carbocycles. The van der Waals surface area contributed by atoms with E-state index in [0.29, 0.717) is 30.9 Å². The molecule has 178 valence electrons. The van der Waals surface area contributed by atoms with Crippen LogP contribution in [0, 0.1) is 11.6 Å². The summed E-state index contributed by atoms with van der Waals surface area (Å²) in [5.74, 6) is -3.31. The topological polar surface area (TPSA) is 126 Å². The van der Waals surface area contributed by atoms with E-state index in [2.05, 4.69) is 15.2 Å². The predicted molar refractivity (Wildman–Crippen MR) is 118 cm³/mol. The highest BCUT2D eigenvalue weighted by Crippen LogP contribution is 2.28. The lowest BCUT2D eigenvalue weighted by atomic mass is 10.1. The number of aliphatic hydroxyl groups excluding tert-OH is 1. The summed E-state index contributed by atoms with van der Waals surface area (Å²) in [5.41, 5.74) is 5.58. The number of rotatable bonds is 6. The van der Waals surface area contributed by atoms with Crippen molar-refractivity contribution in [2.45, 2.75) is 6.04 Å². The Kier molecular flexibility index (Phi) is 6.57. The highest BCUT2D eigenvalue weighted by atomic mass is 19.1. The van der Waals surface area contributed by atoms with Crippen LogP contribution in [0.3, 0.4) is 0 Å². The number of halogens is 2. The molecule has 5 N–H and O–H groups in total. The summed E-state index contributed by atoms with van der Waals surface area (Å²) in [6.45, 7) is 1.65. The number of hydrogen-bond donors (Lipinski definition) is 3. The first-order valence-electron chi connectivity index (χ1n) is 10.6. The number of amides is 2. The van der Waals surface area contributed by atoms with Gasteiger partial charge in [0, 0.05) is 30.9 Å². The van der Waals surface area contributed by atoms with E-state index in [4.69, 9.17) is 10.2 Å². The quantitative estimate of drug-likeness (QED) is 0.501. The molecule has 0 aliphatic carbocycles. The number of carbonyl (C=O) groups is 2. The fraction of sp³-hybridized carbons (Fsp3) is 0.261. The van der Waals surface area contributed by atoms with Gasteiger partial charge in [-0.1, -0.05) is 6.07 Å². The Balaban J connectivity index is 1.56. The van der Waals surface area contributed by atoms with Crippen molar-refractivity contribution in [3.63, 3.8) is 0 Å². The SMILES string of the molecule is CN1CCN(C(=O)c2ccc(Nc3oc(-c4c(F)cccc4F)[nH+]c3C(N)=O)cc2)[C@H](CO)C1. The van der Waals surface area contributed by atoms with Gasteiger partial charge >= 0.3 is 17.5 Å². The van der Waals surface area contributed by atoms with E-state index in [1.54, 1.807) is 29.2 Å². The molecule has 0 spiro atoms. The van der Waals surface area contributed by atoms with E-state index in [-0.39, 0.29) is 36.0 Å². The number of hydrogen-bond acceptors (Lipinski definition) is 6. The van der Waals surface area contributed by atoms with Gasteiger partial charge in [-0.2, -0.15) is 4.98 Å². The van der Waals surface area contributed by atoms with E-state index in [0.717, 1.165) is 12.1 Å². The average molecular weight is 472 g/mol. The van der Waals surface area contributed by atoms with Gasteiger partial charge in [0.05, 0.1) is 12.6 Å². The number of nitrogens with one attached hydrogen (secondary N) is 2. The summed E-state index contributed by atoms with van der Waals surface area (Å²) in [7, 11) is 1.93. The molecule has 11 heteroatoms. The summed E-state index contributed by atoms with van der Waals surface area (Å²) in [5, 5.41) is 12.5. The van der Waals surface area contributed by atoms with Gasteiger partial charge in [0.1, 0.15) is 11.6 Å². The monoisotopic (exact) mass is 472 g/mol. The smallest absolute Gasteiger partial charge is 0.387 e. The minimum absolute atomic E-state index is 0.133. The molecule has 9 nitrogen and oxygen atoms in total. The molecular weight excluding hydrogens is 448 g/mol. The van der Waals surface area contributed by atoms with Gasteiger partial charge in [0.2, 0.25) is 0 Å². The van der Waals surface area contributed by atoms with Crippen LogP contribution in [-0.4, -0.2) is 66.1 Å². The molecule has 4 rings (SSSR count). The Morgan fingerprint density at radius 3 is 2.47 bits per heavy atom. The number of aromatic amines is 1. The number of piperazine rings is 1. The number of nitrogens with two attached hydrogens (primary N) is 1. The lowest BCUT2D eigenvalue weighted by molar-refractivity contribution is -0.372. The summed E-state index contributed by atoms with van der Waals surface area (Å²) >= 11 is 0. The van der Waals surface area contributed by atoms with Crippen LogP contribution >= 0.6 is 0 Å². The summed E-state index contributed by atoms with van der Waals surface area (Å²) in [6, 6.07) is 9.39. The van der Waals surface area contributed by atoms with Gasteiger partial charge in [-0.25, -0.2) is 8.78 Å². The Morgan fingerprint density at radius 2 is 1.85 bits per heavy atom. The maximum Gasteiger partial charge on any atom is 0.387 e. The largest absolute Gasteiger partial charge is 0.394 e. The van der Waals surface area contributed by atoms with Crippen molar-refractivity contribution < 1.29 is 32.9 Å². The van der Waals surface area contributed by atoms with E-state index in [1.807, 2.05) is 7.05 Å². The van der Waals surface area contributed by atoms with Gasteiger partial charge in [-0.3, -0.25) is 9.59 Å². The molecule has 2 heterocycles. The maximum absolute atomic E-state index is 14.1. The van der Waals surface area contributed by atoms with Crippen LogP contribution in [0.5, 0.6) is 0 Å². The van der Waals surface area contributed by atoms with Crippen molar-refractivity contribution in [3.8, 4) is 11.5 Å². The number of carbonyl (C=O) groups excluding carboxylic acids is 2. The molecular formula is C23H24F2N5O4+. The fourth-order valence-corrected chi connectivity index (χ4v) is 3.87. The minimum atomic E-state index is -0.897. The Morgan fingerprint density at radius 1 is 1.18 bits per heavy atom. The number of anilines is 2. The van der Waals surface area contributed by atoms with Crippen molar-refractivity contribution in [1.82, 2.24) is 9.80 Å². The molecule has 1 aromatic heterocycles. The van der Waals surface area contributed by atoms with E-state index in [1.165, 1.54) is 6.07 Å². The zero-order chi connectivity index (χ0) is 24.4. The van der Waals surface area contributed by atoms with Gasteiger partial charge in [-0.15, -0.1) is 0 Å². The molecule has 1 fully saturated rings. The second kappa shape index (κ2) is 9.57. The number of aliphatic hydroxyl groups is 1. The molecule has 1 atom stereocenters. The number of oxazole rings is 1. The number of likely N-dealkylation sites (N-methyl/N-ethyl adjacent to an activating group) is 1. The Hall–Kier alpha value is -3.83. The van der Waals surface area contributed by atoms with Crippen LogP contribution in [-0.2, 0) is 0 Å². The van der Waals surface area contributed by atoms with Crippen molar-refractivity contribution >= 4 is 23.4 Å². The maximum atomic E-state index is 14.1. The Labute approximate surface area is 193 Å². The lowest BCUT2D eigenvalue weighted by Crippen LogP contribution is -2.55. The molecule has 1 aliphatic heterocycles. The predicted octanol–water partition coefficient (Wildman–Crippen LogP) is 1.63.